The molecule has 5 atom stereocenters. The number of carbonyl (C=O) groups excluding carboxylic acids is 2. The van der Waals surface area contributed by atoms with Crippen LogP contribution >= 0.6 is 0 Å². The van der Waals surface area contributed by atoms with Crippen LogP contribution < -0.4 is 0 Å². The molecule has 1 saturated heterocycles. The molecular weight excluding hydrogens is 308 g/mol. The zero-order valence-corrected chi connectivity index (χ0v) is 15.5. The molecular formula is C19H30O5. The molecule has 1 aliphatic carbocycles. The second-order valence-electron chi connectivity index (χ2n) is 7.79. The summed E-state index contributed by atoms with van der Waals surface area (Å²) < 4.78 is 16.7. The average Bonchev–Trinajstić information content (AvgIpc) is 3.03. The van der Waals surface area contributed by atoms with E-state index in [0.29, 0.717) is 12.3 Å². The van der Waals surface area contributed by atoms with Crippen molar-refractivity contribution in [3.05, 3.63) is 12.2 Å². The van der Waals surface area contributed by atoms with Crippen molar-refractivity contribution in [3.63, 3.8) is 0 Å². The molecule has 0 spiro atoms. The highest BCUT2D eigenvalue weighted by Gasteiger charge is 2.50. The summed E-state index contributed by atoms with van der Waals surface area (Å²) >= 11 is 0. The topological polar surface area (TPSA) is 65.1 Å². The van der Waals surface area contributed by atoms with Gasteiger partial charge in [-0.3, -0.25) is 9.59 Å². The van der Waals surface area contributed by atoms with Crippen molar-refractivity contribution in [2.24, 2.45) is 11.8 Å². The minimum atomic E-state index is -0.397. The smallest absolute Gasteiger partial charge is 0.303 e. The number of carbonyl (C=O) groups is 2. The first kappa shape index (κ1) is 19.0. The van der Waals surface area contributed by atoms with E-state index in [-0.39, 0.29) is 35.7 Å². The molecule has 0 aromatic heterocycles. The van der Waals surface area contributed by atoms with Crippen LogP contribution in [0.25, 0.3) is 0 Å². The van der Waals surface area contributed by atoms with E-state index in [4.69, 9.17) is 14.2 Å². The molecule has 0 amide bonds. The van der Waals surface area contributed by atoms with E-state index < -0.39 is 6.10 Å². The molecule has 0 aromatic carbocycles. The average molecular weight is 338 g/mol. The van der Waals surface area contributed by atoms with Crippen molar-refractivity contribution < 1.29 is 23.8 Å². The molecule has 0 bridgehead atoms. The Morgan fingerprint density at radius 3 is 2.38 bits per heavy atom. The molecule has 5 nitrogen and oxygen atoms in total. The summed E-state index contributed by atoms with van der Waals surface area (Å²) in [6.45, 7) is 13.3. The molecule has 2 rings (SSSR count). The van der Waals surface area contributed by atoms with Crippen molar-refractivity contribution in [1.82, 2.24) is 0 Å². The Bertz CT molecular complexity index is 510. The molecule has 24 heavy (non-hydrogen) atoms. The predicted octanol–water partition coefficient (Wildman–Crippen LogP) is 3.41. The Kier molecular flexibility index (Phi) is 5.74. The van der Waals surface area contributed by atoms with E-state index >= 15 is 0 Å². The van der Waals surface area contributed by atoms with E-state index in [1.807, 2.05) is 13.8 Å². The highest BCUT2D eigenvalue weighted by atomic mass is 16.6. The monoisotopic (exact) mass is 338 g/mol. The third-order valence-electron chi connectivity index (χ3n) is 5.16. The summed E-state index contributed by atoms with van der Waals surface area (Å²) in [5.74, 6) is -0.0667. The van der Waals surface area contributed by atoms with Crippen LogP contribution in [0.15, 0.2) is 12.2 Å². The largest absolute Gasteiger partial charge is 0.462 e. The second-order valence-corrected chi connectivity index (χ2v) is 7.79. The Morgan fingerprint density at radius 2 is 1.88 bits per heavy atom. The fraction of sp³-hybridized carbons (Fsp3) is 0.789. The van der Waals surface area contributed by atoms with Crippen LogP contribution in [0.3, 0.4) is 0 Å². The lowest BCUT2D eigenvalue weighted by Crippen LogP contribution is -2.37. The lowest BCUT2D eigenvalue weighted by molar-refractivity contribution is -0.153. The van der Waals surface area contributed by atoms with Gasteiger partial charge in [-0.15, -0.1) is 0 Å². The van der Waals surface area contributed by atoms with E-state index in [1.165, 1.54) is 13.8 Å². The first-order valence-corrected chi connectivity index (χ1v) is 8.81. The molecule has 1 heterocycles. The molecule has 2 aliphatic rings. The van der Waals surface area contributed by atoms with Crippen LogP contribution in [0, 0.1) is 11.8 Å². The molecule has 0 aromatic rings. The Balaban J connectivity index is 2.10. The maximum atomic E-state index is 11.5. The zero-order chi connectivity index (χ0) is 18.1. The van der Waals surface area contributed by atoms with Crippen molar-refractivity contribution in [2.75, 3.05) is 0 Å². The van der Waals surface area contributed by atoms with Gasteiger partial charge in [-0.25, -0.2) is 0 Å². The molecule has 0 unspecified atom stereocenters. The minimum Gasteiger partial charge on any atom is -0.462 e. The quantitative estimate of drug-likeness (QED) is 0.422. The lowest BCUT2D eigenvalue weighted by atomic mass is 9.75. The zero-order valence-electron chi connectivity index (χ0n) is 15.5. The van der Waals surface area contributed by atoms with Crippen molar-refractivity contribution in [3.8, 4) is 0 Å². The van der Waals surface area contributed by atoms with Gasteiger partial charge in [0.1, 0.15) is 12.2 Å². The number of epoxide rings is 1. The molecule has 2 fully saturated rings. The normalized spacial score (nSPS) is 32.5. The van der Waals surface area contributed by atoms with Gasteiger partial charge in [0.15, 0.2) is 0 Å². The molecule has 5 heteroatoms. The van der Waals surface area contributed by atoms with Crippen molar-refractivity contribution in [2.45, 2.75) is 84.2 Å². The first-order valence-electron chi connectivity index (χ1n) is 8.81. The van der Waals surface area contributed by atoms with Crippen LogP contribution in [0.4, 0.5) is 0 Å². The van der Waals surface area contributed by atoms with Gasteiger partial charge in [0.2, 0.25) is 0 Å². The van der Waals surface area contributed by atoms with Crippen LogP contribution in [0.5, 0.6) is 0 Å². The maximum Gasteiger partial charge on any atom is 0.303 e. The summed E-state index contributed by atoms with van der Waals surface area (Å²) in [4.78, 5) is 23.0. The molecule has 1 saturated carbocycles. The van der Waals surface area contributed by atoms with Crippen molar-refractivity contribution >= 4 is 11.9 Å². The van der Waals surface area contributed by atoms with Gasteiger partial charge in [-0.2, -0.15) is 0 Å². The fourth-order valence-electron chi connectivity index (χ4n) is 3.67. The third-order valence-corrected chi connectivity index (χ3v) is 5.16. The van der Waals surface area contributed by atoms with Gasteiger partial charge in [0, 0.05) is 26.2 Å². The first-order chi connectivity index (χ1) is 11.1. The molecule has 1 aliphatic heterocycles. The van der Waals surface area contributed by atoms with Crippen LogP contribution in [-0.2, 0) is 23.8 Å². The Labute approximate surface area is 144 Å². The third kappa shape index (κ3) is 4.82. The van der Waals surface area contributed by atoms with Crippen LogP contribution in [0.1, 0.15) is 60.3 Å². The lowest BCUT2D eigenvalue weighted by Gasteiger charge is -2.37. The van der Waals surface area contributed by atoms with Crippen LogP contribution in [0.2, 0.25) is 0 Å². The number of ether oxygens (including phenoxy) is 3. The number of esters is 2. The van der Waals surface area contributed by atoms with Gasteiger partial charge < -0.3 is 14.2 Å². The maximum absolute atomic E-state index is 11.5. The number of hydrogen-bond acceptors (Lipinski definition) is 5. The Morgan fingerprint density at radius 1 is 1.25 bits per heavy atom. The van der Waals surface area contributed by atoms with Gasteiger partial charge in [0.05, 0.1) is 11.7 Å². The molecule has 0 radical (unpaired) electrons. The second kappa shape index (κ2) is 7.26. The van der Waals surface area contributed by atoms with E-state index in [2.05, 4.69) is 13.5 Å². The summed E-state index contributed by atoms with van der Waals surface area (Å²) in [7, 11) is 0. The van der Waals surface area contributed by atoms with Gasteiger partial charge >= 0.3 is 11.9 Å². The highest BCUT2D eigenvalue weighted by molar-refractivity contribution is 5.67. The van der Waals surface area contributed by atoms with Gasteiger partial charge in [-0.05, 0) is 44.6 Å². The summed E-state index contributed by atoms with van der Waals surface area (Å²) in [5, 5.41) is 0. The summed E-state index contributed by atoms with van der Waals surface area (Å²) in [5.41, 5.74) is 0.671. The highest BCUT2D eigenvalue weighted by Crippen LogP contribution is 2.42. The molecule has 0 N–H and O–H groups in total. The predicted molar refractivity (Wildman–Crippen MR) is 90.3 cm³/mol. The fourth-order valence-corrected chi connectivity index (χ4v) is 3.67. The molecule has 136 valence electrons. The number of rotatable bonds is 6. The number of hydrogen-bond donors (Lipinski definition) is 0. The SMILES string of the molecule is C=C([C@H](C[C@@H]1OC1(C)C)OC(C)=O)[C@@H]1CC[C@@H](C)C[C@H]1OC(C)=O. The Hall–Kier alpha value is -1.36. The standard InChI is InChI=1S/C19H30O5/c1-11-7-8-15(17(9-11)23-14(4)21)12(2)16(22-13(3)20)10-18-19(5,6)24-18/h11,15-18H,2,7-10H2,1,3-6H3/t11-,15+,16+,17-,18+/m1/s1. The minimum absolute atomic E-state index is 0.0244. The van der Waals surface area contributed by atoms with E-state index in [9.17, 15) is 9.59 Å². The summed E-state index contributed by atoms with van der Waals surface area (Å²) in [6, 6.07) is 0. The van der Waals surface area contributed by atoms with Crippen LogP contribution in [-0.4, -0.2) is 35.9 Å². The van der Waals surface area contributed by atoms with Crippen molar-refractivity contribution in [1.29, 1.82) is 0 Å². The van der Waals surface area contributed by atoms with E-state index in [0.717, 1.165) is 24.8 Å². The van der Waals surface area contributed by atoms with Gasteiger partial charge in [-0.1, -0.05) is 13.5 Å². The van der Waals surface area contributed by atoms with E-state index in [1.54, 1.807) is 0 Å². The van der Waals surface area contributed by atoms with Gasteiger partial charge in [0.25, 0.3) is 0 Å². The summed E-state index contributed by atoms with van der Waals surface area (Å²) in [6.07, 6.45) is 2.85.